The molecule has 5 nitrogen and oxygen atoms in total. The molecule has 1 atom stereocenters. The van der Waals surface area contributed by atoms with E-state index in [1.165, 1.54) is 0 Å². The summed E-state index contributed by atoms with van der Waals surface area (Å²) in [6.07, 6.45) is 1.17. The predicted molar refractivity (Wildman–Crippen MR) is 81.0 cm³/mol. The zero-order chi connectivity index (χ0) is 15.0. The minimum Gasteiger partial charge on any atom is -0.379 e. The summed E-state index contributed by atoms with van der Waals surface area (Å²) in [7, 11) is 0.706. The van der Waals surface area contributed by atoms with Gasteiger partial charge in [-0.05, 0) is 12.0 Å². The summed E-state index contributed by atoms with van der Waals surface area (Å²) in [6.45, 7) is 2.69. The summed E-state index contributed by atoms with van der Waals surface area (Å²) >= 11 is 0. The van der Waals surface area contributed by atoms with Gasteiger partial charge in [-0.15, -0.1) is 0 Å². The quantitative estimate of drug-likeness (QED) is 0.356. The number of benzene rings is 1. The van der Waals surface area contributed by atoms with Crippen LogP contribution >= 0.6 is 0 Å². The van der Waals surface area contributed by atoms with Gasteiger partial charge in [0, 0.05) is 26.9 Å². The maximum absolute atomic E-state index is 5.97. The van der Waals surface area contributed by atoms with Gasteiger partial charge in [-0.25, -0.2) is 0 Å². The van der Waals surface area contributed by atoms with E-state index in [0.29, 0.717) is 25.9 Å². The minimum atomic E-state index is -2.60. The van der Waals surface area contributed by atoms with Gasteiger partial charge in [0.25, 0.3) is 0 Å². The zero-order valence-electron chi connectivity index (χ0n) is 12.7. The summed E-state index contributed by atoms with van der Waals surface area (Å²) in [5.74, 6) is 0. The number of ether oxygens (including phenoxy) is 2. The van der Waals surface area contributed by atoms with Crippen molar-refractivity contribution in [3.05, 3.63) is 35.9 Å². The Kier molecular flexibility index (Phi) is 6.82. The van der Waals surface area contributed by atoms with Crippen molar-refractivity contribution < 1.29 is 22.8 Å². The van der Waals surface area contributed by atoms with Crippen molar-refractivity contribution in [1.29, 1.82) is 0 Å². The highest BCUT2D eigenvalue weighted by Crippen LogP contribution is 2.19. The molecule has 0 radical (unpaired) electrons. The lowest BCUT2D eigenvalue weighted by molar-refractivity contribution is 0.0813. The summed E-state index contributed by atoms with van der Waals surface area (Å²) in [5.41, 5.74) is 1.12. The Labute approximate surface area is 127 Å². The van der Waals surface area contributed by atoms with Crippen LogP contribution in [0.25, 0.3) is 0 Å². The Bertz CT molecular complexity index is 392. The molecule has 0 saturated carbocycles. The Morgan fingerprint density at radius 1 is 1.19 bits per heavy atom. The first-order valence-electron chi connectivity index (χ1n) is 7.25. The standard InChI is InChI=1S/C15H24O5Si/c1-16-21(17-2,10-6-9-18-12-15-13-19-15)20-11-14-7-4-3-5-8-14/h3-5,7-8,15H,6,9-13H2,1-2H3. The molecule has 1 aromatic carbocycles. The van der Waals surface area contributed by atoms with Crippen LogP contribution in [0.3, 0.4) is 0 Å². The van der Waals surface area contributed by atoms with Crippen LogP contribution in [0.1, 0.15) is 12.0 Å². The van der Waals surface area contributed by atoms with Gasteiger partial charge in [-0.1, -0.05) is 30.3 Å². The molecule has 21 heavy (non-hydrogen) atoms. The summed E-state index contributed by atoms with van der Waals surface area (Å²) in [4.78, 5) is 0. The highest BCUT2D eigenvalue weighted by molar-refractivity contribution is 6.60. The first-order chi connectivity index (χ1) is 10.3. The van der Waals surface area contributed by atoms with E-state index in [1.54, 1.807) is 14.2 Å². The predicted octanol–water partition coefficient (Wildman–Crippen LogP) is 2.24. The summed E-state index contributed by atoms with van der Waals surface area (Å²) in [6, 6.07) is 10.8. The van der Waals surface area contributed by atoms with Crippen molar-refractivity contribution in [3.8, 4) is 0 Å². The maximum Gasteiger partial charge on any atom is 0.500 e. The van der Waals surface area contributed by atoms with Gasteiger partial charge in [0.05, 0.1) is 19.8 Å². The lowest BCUT2D eigenvalue weighted by atomic mass is 10.2. The number of hydrogen-bond acceptors (Lipinski definition) is 5. The van der Waals surface area contributed by atoms with Crippen molar-refractivity contribution in [2.45, 2.75) is 25.2 Å². The third kappa shape index (κ3) is 5.86. The average Bonchev–Trinajstić information content (AvgIpc) is 3.36. The molecule has 1 aliphatic rings. The Balaban J connectivity index is 1.71. The molecule has 0 aromatic heterocycles. The van der Waals surface area contributed by atoms with Crippen molar-refractivity contribution in [1.82, 2.24) is 0 Å². The monoisotopic (exact) mass is 312 g/mol. The van der Waals surface area contributed by atoms with Gasteiger partial charge >= 0.3 is 8.80 Å². The summed E-state index contributed by atoms with van der Waals surface area (Å²) < 4.78 is 27.7. The second-order valence-electron chi connectivity index (χ2n) is 5.00. The van der Waals surface area contributed by atoms with Crippen LogP contribution in [-0.2, 0) is 29.4 Å². The Morgan fingerprint density at radius 2 is 1.90 bits per heavy atom. The van der Waals surface area contributed by atoms with Gasteiger partial charge in [0.15, 0.2) is 0 Å². The number of epoxide rings is 1. The van der Waals surface area contributed by atoms with E-state index >= 15 is 0 Å². The van der Waals surface area contributed by atoms with Crippen LogP contribution in [0.5, 0.6) is 0 Å². The fourth-order valence-electron chi connectivity index (χ4n) is 2.01. The number of hydrogen-bond donors (Lipinski definition) is 0. The van der Waals surface area contributed by atoms with Crippen molar-refractivity contribution in [2.75, 3.05) is 34.0 Å². The van der Waals surface area contributed by atoms with Crippen LogP contribution in [0.15, 0.2) is 30.3 Å². The fraction of sp³-hybridized carbons (Fsp3) is 0.600. The number of rotatable bonds is 11. The summed E-state index contributed by atoms with van der Waals surface area (Å²) in [5, 5.41) is 0. The lowest BCUT2D eigenvalue weighted by Gasteiger charge is -2.26. The van der Waals surface area contributed by atoms with Crippen LogP contribution in [0.2, 0.25) is 6.04 Å². The molecule has 6 heteroatoms. The smallest absolute Gasteiger partial charge is 0.379 e. The second kappa shape index (κ2) is 8.62. The molecule has 1 unspecified atom stereocenters. The van der Waals surface area contributed by atoms with E-state index in [2.05, 4.69) is 0 Å². The molecule has 2 rings (SSSR count). The second-order valence-corrected chi connectivity index (χ2v) is 7.97. The molecule has 0 N–H and O–H groups in total. The molecular formula is C15H24O5Si. The highest BCUT2D eigenvalue weighted by atomic mass is 28.4. The lowest BCUT2D eigenvalue weighted by Crippen LogP contribution is -2.43. The zero-order valence-corrected chi connectivity index (χ0v) is 13.7. The van der Waals surface area contributed by atoms with Gasteiger partial charge in [-0.2, -0.15) is 0 Å². The highest BCUT2D eigenvalue weighted by Gasteiger charge is 2.38. The third-order valence-electron chi connectivity index (χ3n) is 3.40. The van der Waals surface area contributed by atoms with E-state index in [9.17, 15) is 0 Å². The van der Waals surface area contributed by atoms with Crippen LogP contribution in [-0.4, -0.2) is 48.9 Å². The Morgan fingerprint density at radius 3 is 2.52 bits per heavy atom. The van der Waals surface area contributed by atoms with Crippen molar-refractivity contribution >= 4 is 8.80 Å². The maximum atomic E-state index is 5.97. The van der Waals surface area contributed by atoms with Crippen LogP contribution in [0, 0.1) is 0 Å². The molecule has 1 saturated heterocycles. The fourth-order valence-corrected chi connectivity index (χ4v) is 3.93. The van der Waals surface area contributed by atoms with E-state index in [1.807, 2.05) is 30.3 Å². The molecule has 1 aromatic rings. The van der Waals surface area contributed by atoms with E-state index in [4.69, 9.17) is 22.8 Å². The molecule has 0 spiro atoms. The average molecular weight is 312 g/mol. The molecule has 0 aliphatic carbocycles. The minimum absolute atomic E-state index is 0.311. The first kappa shape index (κ1) is 16.6. The van der Waals surface area contributed by atoms with Gasteiger partial charge < -0.3 is 22.8 Å². The van der Waals surface area contributed by atoms with Crippen molar-refractivity contribution in [2.24, 2.45) is 0 Å². The van der Waals surface area contributed by atoms with E-state index < -0.39 is 8.80 Å². The molecule has 1 heterocycles. The molecule has 0 amide bonds. The van der Waals surface area contributed by atoms with E-state index in [-0.39, 0.29) is 0 Å². The SMILES string of the molecule is CO[Si](CCCOCC1CO1)(OC)OCc1ccccc1. The third-order valence-corrected chi connectivity index (χ3v) is 6.20. The molecular weight excluding hydrogens is 288 g/mol. The topological polar surface area (TPSA) is 49.5 Å². The van der Waals surface area contributed by atoms with Gasteiger partial charge in [-0.3, -0.25) is 0 Å². The van der Waals surface area contributed by atoms with Crippen LogP contribution in [0.4, 0.5) is 0 Å². The molecule has 0 bridgehead atoms. The van der Waals surface area contributed by atoms with Gasteiger partial charge in [0.1, 0.15) is 6.10 Å². The first-order valence-corrected chi connectivity index (χ1v) is 9.19. The molecule has 1 fully saturated rings. The Hall–Kier alpha value is -0.763. The normalized spacial score (nSPS) is 17.9. The van der Waals surface area contributed by atoms with E-state index in [0.717, 1.165) is 24.6 Å². The van der Waals surface area contributed by atoms with Gasteiger partial charge in [0.2, 0.25) is 0 Å². The largest absolute Gasteiger partial charge is 0.500 e. The molecule has 1 aliphatic heterocycles. The van der Waals surface area contributed by atoms with Crippen LogP contribution < -0.4 is 0 Å². The van der Waals surface area contributed by atoms with Crippen molar-refractivity contribution in [3.63, 3.8) is 0 Å². The molecule has 118 valence electrons.